The van der Waals surface area contributed by atoms with Crippen LogP contribution in [-0.4, -0.2) is 47.0 Å². The largest absolute Gasteiger partial charge is 0.394 e. The number of aliphatic hydroxyl groups is 1. The van der Waals surface area contributed by atoms with Crippen LogP contribution in [0.4, 0.5) is 5.69 Å². The van der Waals surface area contributed by atoms with Crippen molar-refractivity contribution < 1.29 is 14.7 Å². The second-order valence-corrected chi connectivity index (χ2v) is 11.0. The lowest BCUT2D eigenvalue weighted by atomic mass is 9.96. The van der Waals surface area contributed by atoms with E-state index in [1.807, 2.05) is 54.7 Å². The number of carbonyl (C=O) groups is 2. The van der Waals surface area contributed by atoms with Crippen LogP contribution >= 0.6 is 0 Å². The third-order valence-electron chi connectivity index (χ3n) is 8.12. The molecule has 2 aliphatic rings. The van der Waals surface area contributed by atoms with E-state index in [0.717, 1.165) is 52.7 Å². The summed E-state index contributed by atoms with van der Waals surface area (Å²) in [5, 5.41) is 14.3. The molecule has 1 amide bonds. The first kappa shape index (κ1) is 25.4. The topological polar surface area (TPSA) is 85.4 Å². The molecule has 0 bridgehead atoms. The van der Waals surface area contributed by atoms with Crippen molar-refractivity contribution in [2.45, 2.75) is 50.6 Å². The maximum absolute atomic E-state index is 13.8. The van der Waals surface area contributed by atoms with Crippen molar-refractivity contribution in [2.75, 3.05) is 18.1 Å². The summed E-state index contributed by atoms with van der Waals surface area (Å²) in [7, 11) is 0. The van der Waals surface area contributed by atoms with Gasteiger partial charge in [-0.15, -0.1) is 0 Å². The van der Waals surface area contributed by atoms with E-state index >= 15 is 0 Å². The predicted molar refractivity (Wildman–Crippen MR) is 154 cm³/mol. The summed E-state index contributed by atoms with van der Waals surface area (Å²) in [6.45, 7) is 0.639. The summed E-state index contributed by atoms with van der Waals surface area (Å²) in [6, 6.07) is 23.3. The van der Waals surface area contributed by atoms with E-state index in [4.69, 9.17) is 0 Å². The van der Waals surface area contributed by atoms with E-state index in [0.29, 0.717) is 37.2 Å². The number of hydrogen-bond acceptors (Lipinski definition) is 4. The van der Waals surface area contributed by atoms with Gasteiger partial charge in [-0.25, -0.2) is 0 Å². The van der Waals surface area contributed by atoms with Crippen LogP contribution in [0.3, 0.4) is 0 Å². The van der Waals surface area contributed by atoms with Crippen molar-refractivity contribution in [1.29, 1.82) is 0 Å². The highest BCUT2D eigenvalue weighted by atomic mass is 16.3. The average Bonchev–Trinajstić information content (AvgIpc) is 3.70. The Morgan fingerprint density at radius 3 is 2.36 bits per heavy atom. The van der Waals surface area contributed by atoms with E-state index < -0.39 is 12.1 Å². The van der Waals surface area contributed by atoms with Crippen LogP contribution in [0.25, 0.3) is 10.9 Å². The van der Waals surface area contributed by atoms with Gasteiger partial charge < -0.3 is 20.3 Å². The molecule has 0 radical (unpaired) electrons. The van der Waals surface area contributed by atoms with Crippen LogP contribution in [-0.2, 0) is 24.1 Å². The minimum Gasteiger partial charge on any atom is -0.394 e. The zero-order valence-corrected chi connectivity index (χ0v) is 22.1. The van der Waals surface area contributed by atoms with Crippen LogP contribution in [0.5, 0.6) is 0 Å². The van der Waals surface area contributed by atoms with Crippen LogP contribution in [0.15, 0.2) is 79.0 Å². The Kier molecular flexibility index (Phi) is 7.20. The zero-order chi connectivity index (χ0) is 26.8. The minimum atomic E-state index is -0.425. The van der Waals surface area contributed by atoms with Gasteiger partial charge in [-0.2, -0.15) is 0 Å². The third-order valence-corrected chi connectivity index (χ3v) is 8.12. The lowest BCUT2D eigenvalue weighted by Crippen LogP contribution is -2.52. The van der Waals surface area contributed by atoms with Gasteiger partial charge in [0.15, 0.2) is 5.78 Å². The summed E-state index contributed by atoms with van der Waals surface area (Å²) < 4.78 is 0. The van der Waals surface area contributed by atoms with Crippen LogP contribution < -0.4 is 10.2 Å². The summed E-state index contributed by atoms with van der Waals surface area (Å²) in [5.41, 5.74) is 5.75. The normalized spacial score (nSPS) is 19.3. The van der Waals surface area contributed by atoms with E-state index in [1.54, 1.807) is 0 Å². The molecule has 6 heteroatoms. The number of Topliss-reactive ketones (excluding diaryl/α,β-unsaturated/α-hetero) is 1. The van der Waals surface area contributed by atoms with Gasteiger partial charge in [0.25, 0.3) is 0 Å². The first-order valence-corrected chi connectivity index (χ1v) is 14.0. The van der Waals surface area contributed by atoms with Gasteiger partial charge in [-0.05, 0) is 60.4 Å². The zero-order valence-electron chi connectivity index (χ0n) is 22.1. The minimum absolute atomic E-state index is 0.0659. The van der Waals surface area contributed by atoms with Crippen molar-refractivity contribution in [3.63, 3.8) is 0 Å². The molecule has 1 aliphatic carbocycles. The van der Waals surface area contributed by atoms with E-state index in [-0.39, 0.29) is 18.3 Å². The molecule has 0 spiro atoms. The monoisotopic (exact) mass is 521 g/mol. The lowest BCUT2D eigenvalue weighted by molar-refractivity contribution is -0.123. The van der Waals surface area contributed by atoms with Gasteiger partial charge >= 0.3 is 0 Å². The lowest BCUT2D eigenvalue weighted by Gasteiger charge is -2.34. The van der Waals surface area contributed by atoms with E-state index in [1.165, 1.54) is 0 Å². The summed E-state index contributed by atoms with van der Waals surface area (Å²) in [5.74, 6) is 0.583. The second kappa shape index (κ2) is 11.1. The maximum Gasteiger partial charge on any atom is 0.243 e. The molecule has 200 valence electrons. The number of rotatable bonds is 9. The van der Waals surface area contributed by atoms with E-state index in [2.05, 4.69) is 39.5 Å². The summed E-state index contributed by atoms with van der Waals surface area (Å²) >= 11 is 0. The van der Waals surface area contributed by atoms with Crippen molar-refractivity contribution in [3.05, 3.63) is 101 Å². The Morgan fingerprint density at radius 1 is 0.949 bits per heavy atom. The van der Waals surface area contributed by atoms with Crippen LogP contribution in [0.1, 0.15) is 46.3 Å². The molecule has 6 nitrogen and oxygen atoms in total. The van der Waals surface area contributed by atoms with Gasteiger partial charge in [0.1, 0.15) is 6.04 Å². The number of hydrogen-bond donors (Lipinski definition) is 3. The number of nitrogens with zero attached hydrogens (tertiary/aromatic N) is 1. The first-order valence-electron chi connectivity index (χ1n) is 14.0. The second-order valence-electron chi connectivity index (χ2n) is 11.0. The molecule has 0 saturated heterocycles. The number of benzene rings is 3. The smallest absolute Gasteiger partial charge is 0.243 e. The molecule has 4 aromatic rings. The standard InChI is InChI=1S/C33H35N3O3/c37-21-26-18-25-19-34-32-27(30(38)16-13-22-7-3-1-4-8-22)14-15-28(31(25)32)36(20-24-11-12-24)29(33(39)35-26)17-23-9-5-2-6-10-23/h1-10,14-15,19,24,26,29,34,37H,11-13,16-18,20-21H2,(H,35,39)/t26-,29-/m0/s1. The summed E-state index contributed by atoms with van der Waals surface area (Å²) in [6.07, 6.45) is 6.44. The fourth-order valence-corrected chi connectivity index (χ4v) is 5.85. The molecule has 1 fully saturated rings. The van der Waals surface area contributed by atoms with Crippen LogP contribution in [0, 0.1) is 5.92 Å². The highest BCUT2D eigenvalue weighted by molar-refractivity contribution is 6.11. The van der Waals surface area contributed by atoms with Crippen molar-refractivity contribution in [1.82, 2.24) is 10.3 Å². The molecule has 1 aromatic heterocycles. The number of anilines is 1. The van der Waals surface area contributed by atoms with Crippen molar-refractivity contribution in [2.24, 2.45) is 5.92 Å². The fraction of sp³-hybridized carbons (Fsp3) is 0.333. The number of ketones is 1. The molecular formula is C33H35N3O3. The molecule has 1 aliphatic heterocycles. The number of aromatic nitrogens is 1. The first-order chi connectivity index (χ1) is 19.1. The molecule has 6 rings (SSSR count). The number of aliphatic hydroxyl groups excluding tert-OH is 1. The molecule has 2 atom stereocenters. The molecule has 1 saturated carbocycles. The Bertz CT molecular complexity index is 1460. The fourth-order valence-electron chi connectivity index (χ4n) is 5.85. The highest BCUT2D eigenvalue weighted by Gasteiger charge is 2.36. The molecular weight excluding hydrogens is 486 g/mol. The Balaban J connectivity index is 1.42. The molecule has 2 heterocycles. The van der Waals surface area contributed by atoms with Gasteiger partial charge in [0.05, 0.1) is 18.2 Å². The van der Waals surface area contributed by atoms with Gasteiger partial charge in [0, 0.05) is 42.2 Å². The highest BCUT2D eigenvalue weighted by Crippen LogP contribution is 2.39. The number of amides is 1. The number of H-pyrrole nitrogens is 1. The van der Waals surface area contributed by atoms with Gasteiger partial charge in [-0.3, -0.25) is 9.59 Å². The van der Waals surface area contributed by atoms with Crippen molar-refractivity contribution in [3.8, 4) is 0 Å². The van der Waals surface area contributed by atoms with Gasteiger partial charge in [0.2, 0.25) is 5.91 Å². The Labute approximate surface area is 229 Å². The predicted octanol–water partition coefficient (Wildman–Crippen LogP) is 4.84. The molecule has 3 aromatic carbocycles. The number of nitrogens with one attached hydrogen (secondary N) is 2. The SMILES string of the molecule is O=C(CCc1ccccc1)c1ccc2c3c(c[nH]c13)C[C@@H](CO)NC(=O)[C@H](Cc1ccccc1)N2CC1CC1. The number of aromatic amines is 1. The van der Waals surface area contributed by atoms with Crippen LogP contribution in [0.2, 0.25) is 0 Å². The molecule has 39 heavy (non-hydrogen) atoms. The number of carbonyl (C=O) groups excluding carboxylic acids is 2. The quantitative estimate of drug-likeness (QED) is 0.275. The van der Waals surface area contributed by atoms with E-state index in [9.17, 15) is 14.7 Å². The summed E-state index contributed by atoms with van der Waals surface area (Å²) in [4.78, 5) is 32.9. The molecule has 3 N–H and O–H groups in total. The van der Waals surface area contributed by atoms with Gasteiger partial charge in [-0.1, -0.05) is 60.7 Å². The van der Waals surface area contributed by atoms with Crippen molar-refractivity contribution >= 4 is 28.3 Å². The Hall–Kier alpha value is -3.90. The average molecular weight is 522 g/mol. The Morgan fingerprint density at radius 2 is 1.67 bits per heavy atom. The molecule has 0 unspecified atom stereocenters. The third kappa shape index (κ3) is 5.48. The maximum atomic E-state index is 13.8. The number of aryl methyl sites for hydroxylation is 1.